The van der Waals surface area contributed by atoms with Gasteiger partial charge in [-0.2, -0.15) is 0 Å². The number of hydrogen-bond donors (Lipinski definition) is 1. The molecule has 3 nitrogen and oxygen atoms in total. The Kier molecular flexibility index (Phi) is 3.85. The summed E-state index contributed by atoms with van der Waals surface area (Å²) < 4.78 is 5.98. The fourth-order valence-electron chi connectivity index (χ4n) is 2.36. The molecule has 2 heterocycles. The summed E-state index contributed by atoms with van der Waals surface area (Å²) in [5.41, 5.74) is 2.03. The van der Waals surface area contributed by atoms with Gasteiger partial charge in [-0.05, 0) is 25.6 Å². The highest BCUT2D eigenvalue weighted by Gasteiger charge is 2.17. The van der Waals surface area contributed by atoms with Gasteiger partial charge in [0.1, 0.15) is 11.3 Å². The molecule has 1 N–H and O–H groups in total. The van der Waals surface area contributed by atoms with E-state index in [1.54, 1.807) is 11.3 Å². The average Bonchev–Trinajstić information content (AvgIpc) is 3.04. The van der Waals surface area contributed by atoms with Crippen LogP contribution in [0.4, 0.5) is 0 Å². The molecule has 4 heteroatoms. The number of thiazole rings is 1. The van der Waals surface area contributed by atoms with Crippen LogP contribution in [0.5, 0.6) is 0 Å². The van der Waals surface area contributed by atoms with Crippen LogP contribution < -0.4 is 5.32 Å². The topological polar surface area (TPSA) is 38.1 Å². The molecule has 2 aromatic heterocycles. The summed E-state index contributed by atoms with van der Waals surface area (Å²) in [4.78, 5) is 4.55. The third-order valence-corrected chi connectivity index (χ3v) is 4.27. The molecule has 0 saturated heterocycles. The molecule has 0 radical (unpaired) electrons. The Balaban J connectivity index is 1.89. The molecule has 3 aromatic rings. The van der Waals surface area contributed by atoms with Gasteiger partial charge < -0.3 is 9.73 Å². The lowest BCUT2D eigenvalue weighted by atomic mass is 10.1. The van der Waals surface area contributed by atoms with Gasteiger partial charge in [-0.15, -0.1) is 11.3 Å². The van der Waals surface area contributed by atoms with Gasteiger partial charge in [0.15, 0.2) is 0 Å². The van der Waals surface area contributed by atoms with Crippen molar-refractivity contribution in [1.29, 1.82) is 0 Å². The van der Waals surface area contributed by atoms with E-state index in [4.69, 9.17) is 4.42 Å². The number of hydrogen-bond acceptors (Lipinski definition) is 4. The van der Waals surface area contributed by atoms with Gasteiger partial charge in [-0.1, -0.05) is 25.1 Å². The molecule has 3 rings (SSSR count). The van der Waals surface area contributed by atoms with E-state index in [1.165, 1.54) is 0 Å². The standard InChI is InChI=1S/C16H18N2OS/c1-3-17-13(9-16-18-11(2)10-20-16)15-8-12-6-4-5-7-14(12)19-15/h4-8,10,13,17H,3,9H2,1-2H3. The van der Waals surface area contributed by atoms with Gasteiger partial charge in [0.05, 0.1) is 11.0 Å². The second-order valence-electron chi connectivity index (χ2n) is 4.88. The van der Waals surface area contributed by atoms with E-state index in [9.17, 15) is 0 Å². The van der Waals surface area contributed by atoms with Crippen molar-refractivity contribution in [3.8, 4) is 0 Å². The number of likely N-dealkylation sites (N-methyl/N-ethyl adjacent to an activating group) is 1. The maximum absolute atomic E-state index is 5.98. The Bertz CT molecular complexity index is 668. The Morgan fingerprint density at radius 2 is 2.20 bits per heavy atom. The van der Waals surface area contributed by atoms with Crippen LogP contribution in [0, 0.1) is 6.92 Å². The lowest BCUT2D eigenvalue weighted by molar-refractivity contribution is 0.434. The smallest absolute Gasteiger partial charge is 0.134 e. The number of nitrogens with one attached hydrogen (secondary N) is 1. The van der Waals surface area contributed by atoms with Crippen LogP contribution in [0.2, 0.25) is 0 Å². The first-order valence-electron chi connectivity index (χ1n) is 6.89. The molecule has 1 aromatic carbocycles. The first-order chi connectivity index (χ1) is 9.76. The first-order valence-corrected chi connectivity index (χ1v) is 7.77. The summed E-state index contributed by atoms with van der Waals surface area (Å²) in [6.45, 7) is 5.05. The molecule has 0 aliphatic rings. The molecule has 0 aliphatic carbocycles. The van der Waals surface area contributed by atoms with Gasteiger partial charge >= 0.3 is 0 Å². The van der Waals surface area contributed by atoms with Crippen LogP contribution in [0.25, 0.3) is 11.0 Å². The quantitative estimate of drug-likeness (QED) is 0.767. The summed E-state index contributed by atoms with van der Waals surface area (Å²) in [6.07, 6.45) is 0.867. The third-order valence-electron chi connectivity index (χ3n) is 3.28. The van der Waals surface area contributed by atoms with Gasteiger partial charge in [0.2, 0.25) is 0 Å². The number of nitrogens with zero attached hydrogens (tertiary/aromatic N) is 1. The van der Waals surface area contributed by atoms with Crippen molar-refractivity contribution in [1.82, 2.24) is 10.3 Å². The number of aryl methyl sites for hydroxylation is 1. The number of fused-ring (bicyclic) bond motifs is 1. The lowest BCUT2D eigenvalue weighted by Crippen LogP contribution is -2.22. The van der Waals surface area contributed by atoms with Crippen molar-refractivity contribution in [2.24, 2.45) is 0 Å². The zero-order valence-corrected chi connectivity index (χ0v) is 12.5. The number of rotatable bonds is 5. The van der Waals surface area contributed by atoms with E-state index < -0.39 is 0 Å². The van der Waals surface area contributed by atoms with Crippen molar-refractivity contribution in [3.05, 3.63) is 52.2 Å². The summed E-state index contributed by atoms with van der Waals surface area (Å²) in [6, 6.07) is 10.4. The Morgan fingerprint density at radius 3 is 2.90 bits per heavy atom. The van der Waals surface area contributed by atoms with E-state index in [1.807, 2.05) is 25.1 Å². The number of para-hydroxylation sites is 1. The predicted molar refractivity (Wildman–Crippen MR) is 83.2 cm³/mol. The molecule has 0 spiro atoms. The molecule has 1 unspecified atom stereocenters. The van der Waals surface area contributed by atoms with Crippen LogP contribution in [-0.2, 0) is 6.42 Å². The summed E-state index contributed by atoms with van der Waals surface area (Å²) in [7, 11) is 0. The molecule has 0 aliphatic heterocycles. The van der Waals surface area contributed by atoms with Crippen molar-refractivity contribution >= 4 is 22.3 Å². The Hall–Kier alpha value is -1.65. The highest BCUT2D eigenvalue weighted by atomic mass is 32.1. The maximum Gasteiger partial charge on any atom is 0.134 e. The highest BCUT2D eigenvalue weighted by molar-refractivity contribution is 7.09. The maximum atomic E-state index is 5.98. The van der Waals surface area contributed by atoms with Gasteiger partial charge in [0.25, 0.3) is 0 Å². The molecule has 1 atom stereocenters. The average molecular weight is 286 g/mol. The second kappa shape index (κ2) is 5.77. The Labute approximate surface area is 122 Å². The normalized spacial score (nSPS) is 12.9. The zero-order valence-electron chi connectivity index (χ0n) is 11.7. The van der Waals surface area contributed by atoms with Gasteiger partial charge in [0, 0.05) is 22.9 Å². The van der Waals surface area contributed by atoms with Crippen molar-refractivity contribution in [2.45, 2.75) is 26.3 Å². The van der Waals surface area contributed by atoms with E-state index in [-0.39, 0.29) is 6.04 Å². The molecular weight excluding hydrogens is 268 g/mol. The number of furan rings is 1. The second-order valence-corrected chi connectivity index (χ2v) is 5.83. The highest BCUT2D eigenvalue weighted by Crippen LogP contribution is 2.26. The fourth-order valence-corrected chi connectivity index (χ4v) is 3.18. The number of aromatic nitrogens is 1. The van der Waals surface area contributed by atoms with Crippen LogP contribution in [0.1, 0.15) is 29.4 Å². The molecule has 0 amide bonds. The van der Waals surface area contributed by atoms with Gasteiger partial charge in [-0.25, -0.2) is 4.98 Å². The van der Waals surface area contributed by atoms with Crippen LogP contribution in [0.15, 0.2) is 40.1 Å². The van der Waals surface area contributed by atoms with Crippen LogP contribution in [0.3, 0.4) is 0 Å². The Morgan fingerprint density at radius 1 is 1.35 bits per heavy atom. The molecular formula is C16H18N2OS. The van der Waals surface area contributed by atoms with Crippen molar-refractivity contribution in [3.63, 3.8) is 0 Å². The van der Waals surface area contributed by atoms with E-state index in [0.29, 0.717) is 0 Å². The molecule has 0 saturated carbocycles. The number of benzene rings is 1. The fraction of sp³-hybridized carbons (Fsp3) is 0.312. The van der Waals surface area contributed by atoms with Crippen LogP contribution in [-0.4, -0.2) is 11.5 Å². The summed E-state index contributed by atoms with van der Waals surface area (Å²) >= 11 is 1.71. The van der Waals surface area contributed by atoms with Crippen LogP contribution >= 0.6 is 11.3 Å². The third kappa shape index (κ3) is 2.76. The predicted octanol–water partition coefficient (Wildman–Crippen LogP) is 4.09. The minimum absolute atomic E-state index is 0.179. The SMILES string of the molecule is CCNC(Cc1nc(C)cs1)c1cc2ccccc2o1. The molecule has 20 heavy (non-hydrogen) atoms. The summed E-state index contributed by atoms with van der Waals surface area (Å²) in [5.74, 6) is 0.987. The molecule has 0 bridgehead atoms. The van der Waals surface area contributed by atoms with E-state index in [0.717, 1.165) is 40.4 Å². The largest absolute Gasteiger partial charge is 0.459 e. The molecule has 104 valence electrons. The van der Waals surface area contributed by atoms with Crippen molar-refractivity contribution in [2.75, 3.05) is 6.54 Å². The lowest BCUT2D eigenvalue weighted by Gasteiger charge is -2.13. The minimum atomic E-state index is 0.179. The summed E-state index contributed by atoms with van der Waals surface area (Å²) in [5, 5.41) is 7.89. The van der Waals surface area contributed by atoms with Gasteiger partial charge in [-0.3, -0.25) is 0 Å². The molecule has 0 fully saturated rings. The zero-order chi connectivity index (χ0) is 13.9. The minimum Gasteiger partial charge on any atom is -0.459 e. The van der Waals surface area contributed by atoms with E-state index >= 15 is 0 Å². The van der Waals surface area contributed by atoms with Crippen molar-refractivity contribution < 1.29 is 4.42 Å². The first kappa shape index (κ1) is 13.3. The monoisotopic (exact) mass is 286 g/mol. The van der Waals surface area contributed by atoms with E-state index in [2.05, 4.69) is 34.7 Å².